The fourth-order valence-corrected chi connectivity index (χ4v) is 3.87. The third-order valence-electron chi connectivity index (χ3n) is 4.49. The summed E-state index contributed by atoms with van der Waals surface area (Å²) in [7, 11) is 0. The first-order valence-electron chi connectivity index (χ1n) is 8.78. The van der Waals surface area contributed by atoms with Gasteiger partial charge in [-0.05, 0) is 38.5 Å². The van der Waals surface area contributed by atoms with E-state index < -0.39 is 0 Å². The number of carbonyl (C=O) groups excluding carboxylic acids is 2. The van der Waals surface area contributed by atoms with Gasteiger partial charge >= 0.3 is 6.03 Å². The summed E-state index contributed by atoms with van der Waals surface area (Å²) in [5.74, 6) is 0.0872. The number of nitrogens with zero attached hydrogens (tertiary/aromatic N) is 4. The van der Waals surface area contributed by atoms with Crippen LogP contribution in [0.15, 0.2) is 24.3 Å². The monoisotopic (exact) mass is 373 g/mol. The minimum atomic E-state index is -0.179. The van der Waals surface area contributed by atoms with Crippen molar-refractivity contribution in [3.05, 3.63) is 34.8 Å². The Hall–Kier alpha value is -2.48. The number of aromatic nitrogens is 2. The Bertz CT molecular complexity index is 802. The third-order valence-corrected chi connectivity index (χ3v) is 5.49. The Labute approximate surface area is 157 Å². The maximum Gasteiger partial charge on any atom is 0.323 e. The lowest BCUT2D eigenvalue weighted by atomic mass is 10.1. The number of anilines is 2. The van der Waals surface area contributed by atoms with Crippen LogP contribution >= 0.6 is 11.3 Å². The van der Waals surface area contributed by atoms with Gasteiger partial charge in [0, 0.05) is 37.7 Å². The van der Waals surface area contributed by atoms with Gasteiger partial charge in [0.25, 0.3) is 0 Å². The van der Waals surface area contributed by atoms with Crippen LogP contribution in [0.25, 0.3) is 0 Å². The molecule has 0 saturated carbocycles. The molecule has 0 aliphatic carbocycles. The van der Waals surface area contributed by atoms with E-state index in [1.165, 1.54) is 11.3 Å². The van der Waals surface area contributed by atoms with E-state index in [1.54, 1.807) is 9.80 Å². The van der Waals surface area contributed by atoms with Crippen molar-refractivity contribution in [1.29, 1.82) is 0 Å². The lowest BCUT2D eigenvalue weighted by Crippen LogP contribution is -2.34. The van der Waals surface area contributed by atoms with Crippen molar-refractivity contribution in [3.8, 4) is 0 Å². The molecule has 2 heterocycles. The van der Waals surface area contributed by atoms with Crippen LogP contribution in [0.5, 0.6) is 0 Å². The highest BCUT2D eigenvalue weighted by Crippen LogP contribution is 2.34. The van der Waals surface area contributed by atoms with E-state index in [0.717, 1.165) is 16.3 Å². The van der Waals surface area contributed by atoms with Crippen LogP contribution in [0.3, 0.4) is 0 Å². The first-order valence-corrected chi connectivity index (χ1v) is 9.59. The molecular weight excluding hydrogens is 350 g/mol. The molecule has 1 atom stereocenters. The lowest BCUT2D eigenvalue weighted by molar-refractivity contribution is -0.117. The number of aryl methyl sites for hydroxylation is 1. The van der Waals surface area contributed by atoms with Crippen molar-refractivity contribution in [1.82, 2.24) is 15.1 Å². The number of urea groups is 1. The van der Waals surface area contributed by atoms with Crippen molar-refractivity contribution in [3.63, 3.8) is 0 Å². The first kappa shape index (κ1) is 18.3. The Balaban J connectivity index is 1.68. The van der Waals surface area contributed by atoms with Crippen molar-refractivity contribution in [2.75, 3.05) is 29.9 Å². The van der Waals surface area contributed by atoms with Crippen LogP contribution in [0.1, 0.15) is 36.8 Å². The Kier molecular flexibility index (Phi) is 5.51. The number of hydrogen-bond acceptors (Lipinski definition) is 5. The number of carbonyl (C=O) groups is 2. The van der Waals surface area contributed by atoms with Gasteiger partial charge in [-0.1, -0.05) is 23.5 Å². The van der Waals surface area contributed by atoms with E-state index >= 15 is 0 Å². The molecular formula is C18H23N5O2S. The molecule has 3 amide bonds. The topological polar surface area (TPSA) is 78.4 Å². The highest BCUT2D eigenvalue weighted by Gasteiger charge is 2.34. The second kappa shape index (κ2) is 7.82. The van der Waals surface area contributed by atoms with Crippen LogP contribution in [-0.4, -0.2) is 46.7 Å². The number of hydrogen-bond donors (Lipinski definition) is 1. The van der Waals surface area contributed by atoms with Crippen LogP contribution < -0.4 is 10.2 Å². The molecule has 1 aliphatic rings. The standard InChI is InChI=1S/C18H23N5O2S/c1-4-22(5-2)18(25)19-17-21-20-16(26-17)13-10-15(24)23(11-13)14-8-6-7-12(3)9-14/h6-9,13H,4-5,10-11H2,1-3H3,(H,19,21,25). The minimum Gasteiger partial charge on any atom is -0.325 e. The van der Waals surface area contributed by atoms with Crippen LogP contribution in [0.4, 0.5) is 15.6 Å². The molecule has 1 aliphatic heterocycles. The zero-order valence-corrected chi connectivity index (χ0v) is 16.0. The third kappa shape index (κ3) is 3.85. The summed E-state index contributed by atoms with van der Waals surface area (Å²) in [6, 6.07) is 7.74. The Morgan fingerprint density at radius 3 is 2.81 bits per heavy atom. The summed E-state index contributed by atoms with van der Waals surface area (Å²) in [5.41, 5.74) is 2.04. The summed E-state index contributed by atoms with van der Waals surface area (Å²) < 4.78 is 0. The van der Waals surface area contributed by atoms with E-state index in [1.807, 2.05) is 45.0 Å². The SMILES string of the molecule is CCN(CC)C(=O)Nc1nnc(C2CC(=O)N(c3cccc(C)c3)C2)s1. The van der Waals surface area contributed by atoms with Crippen LogP contribution in [0, 0.1) is 6.92 Å². The average Bonchev–Trinajstić information content (AvgIpc) is 3.22. The Morgan fingerprint density at radius 1 is 1.35 bits per heavy atom. The zero-order valence-electron chi connectivity index (χ0n) is 15.2. The smallest absolute Gasteiger partial charge is 0.323 e. The van der Waals surface area contributed by atoms with Gasteiger partial charge in [0.1, 0.15) is 5.01 Å². The van der Waals surface area contributed by atoms with Crippen molar-refractivity contribution in [2.45, 2.75) is 33.1 Å². The van der Waals surface area contributed by atoms with E-state index in [9.17, 15) is 9.59 Å². The molecule has 0 radical (unpaired) electrons. The molecule has 3 rings (SSSR count). The van der Waals surface area contributed by atoms with Gasteiger partial charge < -0.3 is 9.80 Å². The van der Waals surface area contributed by atoms with Crippen molar-refractivity contribution >= 4 is 34.1 Å². The summed E-state index contributed by atoms with van der Waals surface area (Å²) in [6.45, 7) is 7.72. The molecule has 1 fully saturated rings. The van der Waals surface area contributed by atoms with Gasteiger partial charge in [-0.25, -0.2) is 4.79 Å². The fraction of sp³-hybridized carbons (Fsp3) is 0.444. The summed E-state index contributed by atoms with van der Waals surface area (Å²) >= 11 is 1.34. The number of nitrogens with one attached hydrogen (secondary N) is 1. The molecule has 1 N–H and O–H groups in total. The molecule has 1 aromatic carbocycles. The number of benzene rings is 1. The highest BCUT2D eigenvalue weighted by molar-refractivity contribution is 7.15. The van der Waals surface area contributed by atoms with E-state index in [-0.39, 0.29) is 17.9 Å². The Morgan fingerprint density at radius 2 is 2.12 bits per heavy atom. The summed E-state index contributed by atoms with van der Waals surface area (Å²) in [6.07, 6.45) is 0.409. The zero-order chi connectivity index (χ0) is 18.7. The van der Waals surface area contributed by atoms with Crippen molar-refractivity contribution < 1.29 is 9.59 Å². The maximum atomic E-state index is 12.4. The maximum absolute atomic E-state index is 12.4. The van der Waals surface area contributed by atoms with Gasteiger partial charge in [-0.2, -0.15) is 0 Å². The van der Waals surface area contributed by atoms with Gasteiger partial charge in [0.05, 0.1) is 0 Å². The number of rotatable bonds is 5. The molecule has 1 saturated heterocycles. The molecule has 26 heavy (non-hydrogen) atoms. The molecule has 1 unspecified atom stereocenters. The van der Waals surface area contributed by atoms with E-state index in [2.05, 4.69) is 15.5 Å². The molecule has 0 bridgehead atoms. The highest BCUT2D eigenvalue weighted by atomic mass is 32.1. The van der Waals surface area contributed by atoms with Crippen LogP contribution in [-0.2, 0) is 4.79 Å². The predicted octanol–water partition coefficient (Wildman–Crippen LogP) is 3.24. The first-order chi connectivity index (χ1) is 12.5. The van der Waals surface area contributed by atoms with Crippen LogP contribution in [0.2, 0.25) is 0 Å². The lowest BCUT2D eigenvalue weighted by Gasteiger charge is -2.17. The fourth-order valence-electron chi connectivity index (χ4n) is 3.05. The van der Waals surface area contributed by atoms with Gasteiger partial charge in [-0.15, -0.1) is 10.2 Å². The minimum absolute atomic E-state index is 0.000354. The molecule has 8 heteroatoms. The molecule has 1 aromatic heterocycles. The summed E-state index contributed by atoms with van der Waals surface area (Å²) in [5, 5.41) is 12.3. The number of amides is 3. The van der Waals surface area contributed by atoms with Gasteiger partial charge in [-0.3, -0.25) is 10.1 Å². The quantitative estimate of drug-likeness (QED) is 0.873. The van der Waals surface area contributed by atoms with E-state index in [0.29, 0.717) is 31.2 Å². The largest absolute Gasteiger partial charge is 0.325 e. The average molecular weight is 373 g/mol. The normalized spacial score (nSPS) is 16.8. The molecule has 7 nitrogen and oxygen atoms in total. The predicted molar refractivity (Wildman–Crippen MR) is 103 cm³/mol. The van der Waals surface area contributed by atoms with E-state index in [4.69, 9.17) is 0 Å². The van der Waals surface area contributed by atoms with Crippen molar-refractivity contribution in [2.24, 2.45) is 0 Å². The summed E-state index contributed by atoms with van der Waals surface area (Å²) in [4.78, 5) is 28.0. The second-order valence-corrected chi connectivity index (χ2v) is 7.30. The molecule has 0 spiro atoms. The van der Waals surface area contributed by atoms with Gasteiger partial charge in [0.15, 0.2) is 0 Å². The van der Waals surface area contributed by atoms with Gasteiger partial charge in [0.2, 0.25) is 11.0 Å². The molecule has 138 valence electrons. The second-order valence-electron chi connectivity index (χ2n) is 6.29. The molecule has 2 aromatic rings.